The first-order valence-corrected chi connectivity index (χ1v) is 15.1. The van der Waals surface area contributed by atoms with Crippen LogP contribution in [0.5, 0.6) is 0 Å². The van der Waals surface area contributed by atoms with Gasteiger partial charge >= 0.3 is 6.16 Å². The molecule has 0 aliphatic carbocycles. The Kier molecular flexibility index (Phi) is 11.8. The molecule has 3 aromatic rings. The molecule has 1 fully saturated rings. The Balaban J connectivity index is 1.48. The molecule has 4 rings (SSSR count). The van der Waals surface area contributed by atoms with Crippen LogP contribution in [0.15, 0.2) is 67.3 Å². The van der Waals surface area contributed by atoms with Crippen molar-refractivity contribution in [2.24, 2.45) is 5.92 Å². The van der Waals surface area contributed by atoms with Crippen molar-refractivity contribution in [3.63, 3.8) is 0 Å². The molecule has 0 spiro atoms. The van der Waals surface area contributed by atoms with Crippen molar-refractivity contribution in [2.75, 3.05) is 19.8 Å². The fraction of sp³-hybridized carbons (Fsp3) is 0.375. The lowest BCUT2D eigenvalue weighted by atomic mass is 9.89. The SMILES string of the molecule is CC(C)COC(=O)OC(Cn1cncn1)(c1ccc(F)cc1F)C(C)SC1COC(/C=C/C=C/c2ccc(C#N)cc2F)OC1. The number of nitriles is 1. The predicted molar refractivity (Wildman–Crippen MR) is 161 cm³/mol. The molecule has 1 aliphatic heterocycles. The Bertz CT molecular complexity index is 1540. The summed E-state index contributed by atoms with van der Waals surface area (Å²) in [6, 6.07) is 9.19. The van der Waals surface area contributed by atoms with Crippen LogP contribution in [0, 0.1) is 34.7 Å². The van der Waals surface area contributed by atoms with Gasteiger partial charge < -0.3 is 18.9 Å². The first kappa shape index (κ1) is 33.8. The van der Waals surface area contributed by atoms with Crippen molar-refractivity contribution in [3.05, 3.63) is 101 Å². The Hall–Kier alpha value is -4.12. The maximum absolute atomic E-state index is 15.4. The molecule has 1 aromatic heterocycles. The molecular formula is C32H33F3N4O5S. The summed E-state index contributed by atoms with van der Waals surface area (Å²) >= 11 is 1.35. The maximum atomic E-state index is 15.4. The fourth-order valence-electron chi connectivity index (χ4n) is 4.54. The fourth-order valence-corrected chi connectivity index (χ4v) is 5.90. The second-order valence-electron chi connectivity index (χ2n) is 10.7. The van der Waals surface area contributed by atoms with Crippen LogP contribution in [0.1, 0.15) is 37.5 Å². The van der Waals surface area contributed by atoms with Crippen molar-refractivity contribution < 1.29 is 36.9 Å². The van der Waals surface area contributed by atoms with Crippen molar-refractivity contribution in [2.45, 2.75) is 49.7 Å². The molecule has 238 valence electrons. The van der Waals surface area contributed by atoms with E-state index in [0.717, 1.165) is 12.1 Å². The molecule has 9 nitrogen and oxygen atoms in total. The lowest BCUT2D eigenvalue weighted by Crippen LogP contribution is -2.47. The first-order valence-electron chi connectivity index (χ1n) is 14.2. The zero-order valence-corrected chi connectivity index (χ0v) is 25.8. The van der Waals surface area contributed by atoms with Gasteiger partial charge in [-0.3, -0.25) is 0 Å². The second-order valence-corrected chi connectivity index (χ2v) is 12.3. The Labute approximate surface area is 263 Å². The van der Waals surface area contributed by atoms with Crippen LogP contribution in [0.25, 0.3) is 6.08 Å². The summed E-state index contributed by atoms with van der Waals surface area (Å²) < 4.78 is 67.8. The number of halogens is 3. The van der Waals surface area contributed by atoms with Crippen LogP contribution in [-0.2, 0) is 31.1 Å². The van der Waals surface area contributed by atoms with Crippen LogP contribution in [-0.4, -0.2) is 57.5 Å². The van der Waals surface area contributed by atoms with E-state index >= 15 is 4.39 Å². The van der Waals surface area contributed by atoms with E-state index in [1.165, 1.54) is 53.4 Å². The van der Waals surface area contributed by atoms with Crippen molar-refractivity contribution in [1.82, 2.24) is 14.8 Å². The van der Waals surface area contributed by atoms with Gasteiger partial charge in [-0.25, -0.2) is 27.6 Å². The molecule has 2 heterocycles. The second kappa shape index (κ2) is 15.7. The number of benzene rings is 2. The lowest BCUT2D eigenvalue weighted by Gasteiger charge is -2.40. The quantitative estimate of drug-likeness (QED) is 0.164. The Morgan fingerprint density at radius 3 is 2.58 bits per heavy atom. The molecular weight excluding hydrogens is 609 g/mol. The van der Waals surface area contributed by atoms with Gasteiger partial charge in [-0.2, -0.15) is 10.4 Å². The number of hydrogen-bond acceptors (Lipinski definition) is 9. The first-order chi connectivity index (χ1) is 21.6. The van der Waals surface area contributed by atoms with Crippen LogP contribution in [0.2, 0.25) is 0 Å². The third-order valence-electron chi connectivity index (χ3n) is 6.78. The number of thioether (sulfide) groups is 1. The number of hydrogen-bond donors (Lipinski definition) is 0. The summed E-state index contributed by atoms with van der Waals surface area (Å²) in [5.41, 5.74) is -1.17. The number of carbonyl (C=O) groups is 1. The minimum Gasteiger partial charge on any atom is -0.434 e. The summed E-state index contributed by atoms with van der Waals surface area (Å²) in [6.45, 7) is 5.95. The summed E-state index contributed by atoms with van der Waals surface area (Å²) in [5, 5.41) is 12.1. The maximum Gasteiger partial charge on any atom is 0.509 e. The molecule has 2 unspecified atom stereocenters. The van der Waals surface area contributed by atoms with Gasteiger partial charge in [0.15, 0.2) is 11.9 Å². The summed E-state index contributed by atoms with van der Waals surface area (Å²) in [7, 11) is 0. The lowest BCUT2D eigenvalue weighted by molar-refractivity contribution is -0.146. The van der Waals surface area contributed by atoms with Gasteiger partial charge in [-0.1, -0.05) is 38.1 Å². The number of carbonyl (C=O) groups excluding carboxylic acids is 1. The van der Waals surface area contributed by atoms with E-state index in [-0.39, 0.29) is 48.7 Å². The van der Waals surface area contributed by atoms with Crippen LogP contribution in [0.3, 0.4) is 0 Å². The number of nitrogens with zero attached hydrogens (tertiary/aromatic N) is 4. The standard InChI is InChI=1S/C32H33F3N4O5S/c1-21(2)15-43-31(40)44-32(18-39-20-37-19-38-39,27-11-10-25(33)13-29(27)35)22(3)45-26-16-41-30(42-17-26)7-5-4-6-24-9-8-23(14-36)12-28(24)34/h4-13,19-22,26,30H,15-18H2,1-3H3/b6-4+,7-5+. The summed E-state index contributed by atoms with van der Waals surface area (Å²) in [6.07, 6.45) is 7.56. The molecule has 0 bridgehead atoms. The van der Waals surface area contributed by atoms with Crippen molar-refractivity contribution >= 4 is 24.0 Å². The average molecular weight is 643 g/mol. The van der Waals surface area contributed by atoms with Crippen molar-refractivity contribution in [3.8, 4) is 6.07 Å². The highest BCUT2D eigenvalue weighted by molar-refractivity contribution is 8.00. The summed E-state index contributed by atoms with van der Waals surface area (Å²) in [4.78, 5) is 16.9. The van der Waals surface area contributed by atoms with Gasteiger partial charge in [-0.05, 0) is 43.2 Å². The van der Waals surface area contributed by atoms with Crippen LogP contribution in [0.4, 0.5) is 18.0 Å². The minimum absolute atomic E-state index is 0.0304. The van der Waals surface area contributed by atoms with Gasteiger partial charge in [0, 0.05) is 22.4 Å². The third kappa shape index (κ3) is 9.20. The number of allylic oxidation sites excluding steroid dienone is 2. The molecule has 45 heavy (non-hydrogen) atoms. The van der Waals surface area contributed by atoms with E-state index in [2.05, 4.69) is 10.1 Å². The van der Waals surface area contributed by atoms with Crippen LogP contribution >= 0.6 is 11.8 Å². The van der Waals surface area contributed by atoms with Gasteiger partial charge in [0.1, 0.15) is 30.1 Å². The Morgan fingerprint density at radius 1 is 1.16 bits per heavy atom. The molecule has 2 atom stereocenters. The topological polar surface area (TPSA) is 108 Å². The monoisotopic (exact) mass is 642 g/mol. The number of aromatic nitrogens is 3. The normalized spacial score (nSPS) is 19.0. The average Bonchev–Trinajstić information content (AvgIpc) is 3.52. The number of ether oxygens (including phenoxy) is 4. The van der Waals surface area contributed by atoms with Crippen LogP contribution < -0.4 is 0 Å². The van der Waals surface area contributed by atoms with Gasteiger partial charge in [-0.15, -0.1) is 11.8 Å². The van der Waals surface area contributed by atoms with E-state index < -0.39 is 40.7 Å². The highest BCUT2D eigenvalue weighted by Crippen LogP contribution is 2.42. The third-order valence-corrected chi connectivity index (χ3v) is 8.23. The Morgan fingerprint density at radius 2 is 1.93 bits per heavy atom. The molecule has 0 N–H and O–H groups in total. The predicted octanol–water partition coefficient (Wildman–Crippen LogP) is 6.40. The largest absolute Gasteiger partial charge is 0.509 e. The van der Waals surface area contributed by atoms with Crippen molar-refractivity contribution in [1.29, 1.82) is 5.26 Å². The molecule has 0 amide bonds. The highest BCUT2D eigenvalue weighted by Gasteiger charge is 2.47. The smallest absolute Gasteiger partial charge is 0.434 e. The zero-order valence-electron chi connectivity index (χ0n) is 24.9. The molecule has 1 aliphatic rings. The van der Waals surface area contributed by atoms with Gasteiger partial charge in [0.25, 0.3) is 0 Å². The highest BCUT2D eigenvalue weighted by atomic mass is 32.2. The number of rotatable bonds is 12. The van der Waals surface area contributed by atoms with Gasteiger partial charge in [0.05, 0.1) is 43.2 Å². The van der Waals surface area contributed by atoms with E-state index in [0.29, 0.717) is 5.56 Å². The van der Waals surface area contributed by atoms with E-state index in [4.69, 9.17) is 24.2 Å². The van der Waals surface area contributed by atoms with E-state index in [9.17, 15) is 13.6 Å². The molecule has 0 saturated carbocycles. The molecule has 13 heteroatoms. The minimum atomic E-state index is -1.69. The van der Waals surface area contributed by atoms with E-state index in [1.807, 2.05) is 19.9 Å². The molecule has 0 radical (unpaired) electrons. The van der Waals surface area contributed by atoms with Gasteiger partial charge in [0.2, 0.25) is 0 Å². The van der Waals surface area contributed by atoms with E-state index in [1.54, 1.807) is 31.2 Å². The summed E-state index contributed by atoms with van der Waals surface area (Å²) in [5.74, 6) is -2.15. The zero-order chi connectivity index (χ0) is 32.4. The molecule has 1 saturated heterocycles. The molecule has 2 aromatic carbocycles.